The van der Waals surface area contributed by atoms with Crippen molar-refractivity contribution >= 4 is 11.6 Å². The topological polar surface area (TPSA) is 64.6 Å². The Labute approximate surface area is 100 Å². The van der Waals surface area contributed by atoms with Crippen molar-refractivity contribution in [2.75, 3.05) is 25.0 Å². The Balaban J connectivity index is 1.71. The highest BCUT2D eigenvalue weighted by molar-refractivity contribution is 5.92. The van der Waals surface area contributed by atoms with Crippen LogP contribution in [0.1, 0.15) is 6.42 Å². The van der Waals surface area contributed by atoms with E-state index in [2.05, 4.69) is 10.7 Å². The van der Waals surface area contributed by atoms with Crippen LogP contribution in [-0.2, 0) is 4.79 Å². The maximum atomic E-state index is 11.6. The van der Waals surface area contributed by atoms with E-state index in [1.54, 1.807) is 0 Å². The van der Waals surface area contributed by atoms with Crippen molar-refractivity contribution in [3.63, 3.8) is 0 Å². The van der Waals surface area contributed by atoms with Gasteiger partial charge < -0.3 is 10.4 Å². The molecule has 1 aliphatic heterocycles. The summed E-state index contributed by atoms with van der Waals surface area (Å²) in [5.41, 5.74) is 3.79. The van der Waals surface area contributed by atoms with Crippen molar-refractivity contribution in [1.82, 2.24) is 10.4 Å². The summed E-state index contributed by atoms with van der Waals surface area (Å²) < 4.78 is 0. The van der Waals surface area contributed by atoms with Crippen LogP contribution in [0.3, 0.4) is 0 Å². The summed E-state index contributed by atoms with van der Waals surface area (Å²) in [4.78, 5) is 11.6. The summed E-state index contributed by atoms with van der Waals surface area (Å²) in [7, 11) is 0. The van der Waals surface area contributed by atoms with Gasteiger partial charge >= 0.3 is 0 Å². The van der Waals surface area contributed by atoms with Crippen molar-refractivity contribution in [2.24, 2.45) is 0 Å². The molecule has 1 saturated heterocycles. The molecule has 0 saturated carbocycles. The summed E-state index contributed by atoms with van der Waals surface area (Å²) in [5.74, 6) is -0.0856. The molecular formula is C12H17N3O2. The Morgan fingerprint density at radius 1 is 1.41 bits per heavy atom. The Morgan fingerprint density at radius 3 is 2.82 bits per heavy atom. The zero-order valence-corrected chi connectivity index (χ0v) is 9.60. The standard InChI is InChI=1S/C12H17N3O2/c16-11-6-7-15(9-11)13-8-12(17)14-10-4-2-1-3-5-10/h1-5,11,13,16H,6-9H2,(H,14,17). The van der Waals surface area contributed by atoms with E-state index in [-0.39, 0.29) is 18.6 Å². The molecule has 1 aromatic carbocycles. The van der Waals surface area contributed by atoms with Crippen LogP contribution < -0.4 is 10.7 Å². The highest BCUT2D eigenvalue weighted by Crippen LogP contribution is 2.06. The van der Waals surface area contributed by atoms with Crippen LogP contribution >= 0.6 is 0 Å². The second-order valence-corrected chi connectivity index (χ2v) is 4.14. The molecule has 17 heavy (non-hydrogen) atoms. The lowest BCUT2D eigenvalue weighted by molar-refractivity contribution is -0.116. The second kappa shape index (κ2) is 5.77. The quantitative estimate of drug-likeness (QED) is 0.697. The number of benzene rings is 1. The zero-order chi connectivity index (χ0) is 12.1. The van der Waals surface area contributed by atoms with Gasteiger partial charge in [0.1, 0.15) is 0 Å². The number of carbonyl (C=O) groups is 1. The van der Waals surface area contributed by atoms with Crippen LogP contribution in [0.25, 0.3) is 0 Å². The van der Waals surface area contributed by atoms with E-state index < -0.39 is 0 Å². The number of nitrogens with one attached hydrogen (secondary N) is 2. The monoisotopic (exact) mass is 235 g/mol. The molecule has 1 heterocycles. The number of aliphatic hydroxyl groups excluding tert-OH is 1. The molecule has 0 radical (unpaired) electrons. The van der Waals surface area contributed by atoms with E-state index in [0.717, 1.165) is 18.7 Å². The molecule has 3 N–H and O–H groups in total. The molecule has 2 rings (SSSR count). The number of amides is 1. The number of carbonyl (C=O) groups excluding carboxylic acids is 1. The van der Waals surface area contributed by atoms with Gasteiger partial charge in [0.2, 0.25) is 5.91 Å². The Hall–Kier alpha value is -1.43. The van der Waals surface area contributed by atoms with Crippen molar-refractivity contribution < 1.29 is 9.90 Å². The van der Waals surface area contributed by atoms with Crippen LogP contribution in [0.5, 0.6) is 0 Å². The number of β-amino-alcohol motifs (C(OH)–C–C–N with tert-alkyl or cyclic N) is 1. The average molecular weight is 235 g/mol. The van der Waals surface area contributed by atoms with Crippen molar-refractivity contribution in [3.05, 3.63) is 30.3 Å². The molecule has 1 unspecified atom stereocenters. The van der Waals surface area contributed by atoms with Crippen LogP contribution in [0.4, 0.5) is 5.69 Å². The molecule has 1 aromatic rings. The van der Waals surface area contributed by atoms with Crippen molar-refractivity contribution in [3.8, 4) is 0 Å². The summed E-state index contributed by atoms with van der Waals surface area (Å²) >= 11 is 0. The Bertz CT molecular complexity index is 369. The van der Waals surface area contributed by atoms with Gasteiger partial charge in [0, 0.05) is 18.8 Å². The number of hydrazine groups is 1. The molecule has 0 bridgehead atoms. The first kappa shape index (κ1) is 12.0. The van der Waals surface area contributed by atoms with Crippen LogP contribution in [0, 0.1) is 0 Å². The van der Waals surface area contributed by atoms with E-state index in [9.17, 15) is 9.90 Å². The van der Waals surface area contributed by atoms with Gasteiger partial charge in [-0.15, -0.1) is 0 Å². The third-order valence-electron chi connectivity index (χ3n) is 2.68. The van der Waals surface area contributed by atoms with Gasteiger partial charge in [-0.05, 0) is 18.6 Å². The lowest BCUT2D eigenvalue weighted by Gasteiger charge is -2.16. The van der Waals surface area contributed by atoms with Gasteiger partial charge in [0.25, 0.3) is 0 Å². The lowest BCUT2D eigenvalue weighted by Crippen LogP contribution is -2.41. The van der Waals surface area contributed by atoms with E-state index in [1.807, 2.05) is 35.3 Å². The number of rotatable bonds is 4. The maximum Gasteiger partial charge on any atom is 0.239 e. The number of aliphatic hydroxyl groups is 1. The maximum absolute atomic E-state index is 11.6. The smallest absolute Gasteiger partial charge is 0.239 e. The third kappa shape index (κ3) is 3.81. The molecule has 1 amide bonds. The Morgan fingerprint density at radius 2 is 2.18 bits per heavy atom. The van der Waals surface area contributed by atoms with Crippen LogP contribution in [0.2, 0.25) is 0 Å². The highest BCUT2D eigenvalue weighted by atomic mass is 16.3. The molecule has 1 atom stereocenters. The van der Waals surface area contributed by atoms with Gasteiger partial charge in [0.05, 0.1) is 12.6 Å². The number of hydrogen-bond acceptors (Lipinski definition) is 4. The average Bonchev–Trinajstić information content (AvgIpc) is 2.74. The lowest BCUT2D eigenvalue weighted by atomic mass is 10.3. The highest BCUT2D eigenvalue weighted by Gasteiger charge is 2.19. The predicted octanol–water partition coefficient (Wildman–Crippen LogP) is 0.196. The molecule has 5 nitrogen and oxygen atoms in total. The minimum atomic E-state index is -0.278. The number of nitrogens with zero attached hydrogens (tertiary/aromatic N) is 1. The van der Waals surface area contributed by atoms with Gasteiger partial charge in [-0.25, -0.2) is 10.4 Å². The first-order valence-corrected chi connectivity index (χ1v) is 5.75. The third-order valence-corrected chi connectivity index (χ3v) is 2.68. The van der Waals surface area contributed by atoms with Crippen molar-refractivity contribution in [2.45, 2.75) is 12.5 Å². The SMILES string of the molecule is O=C(CNN1CCC(O)C1)Nc1ccccc1. The summed E-state index contributed by atoms with van der Waals surface area (Å²) in [6.07, 6.45) is 0.479. The summed E-state index contributed by atoms with van der Waals surface area (Å²) in [5, 5.41) is 14.0. The van der Waals surface area contributed by atoms with Crippen LogP contribution in [-0.4, -0.2) is 41.8 Å². The van der Waals surface area contributed by atoms with Crippen molar-refractivity contribution in [1.29, 1.82) is 0 Å². The predicted molar refractivity (Wildman–Crippen MR) is 65.3 cm³/mol. The molecule has 0 spiro atoms. The second-order valence-electron chi connectivity index (χ2n) is 4.14. The number of para-hydroxylation sites is 1. The fraction of sp³-hybridized carbons (Fsp3) is 0.417. The minimum Gasteiger partial charge on any atom is -0.392 e. The normalized spacial score (nSPS) is 20.4. The van der Waals surface area contributed by atoms with E-state index >= 15 is 0 Å². The molecule has 1 aliphatic rings. The molecule has 0 aromatic heterocycles. The van der Waals surface area contributed by atoms with E-state index in [1.165, 1.54) is 0 Å². The summed E-state index contributed by atoms with van der Waals surface area (Å²) in [6, 6.07) is 9.34. The van der Waals surface area contributed by atoms with Gasteiger partial charge in [-0.1, -0.05) is 18.2 Å². The molecular weight excluding hydrogens is 218 g/mol. The molecule has 1 fully saturated rings. The van der Waals surface area contributed by atoms with Gasteiger partial charge in [-0.2, -0.15) is 0 Å². The fourth-order valence-corrected chi connectivity index (χ4v) is 1.80. The van der Waals surface area contributed by atoms with Gasteiger partial charge in [-0.3, -0.25) is 4.79 Å². The number of anilines is 1. The summed E-state index contributed by atoms with van der Waals surface area (Å²) in [6.45, 7) is 1.58. The fourth-order valence-electron chi connectivity index (χ4n) is 1.80. The first-order chi connectivity index (χ1) is 8.24. The van der Waals surface area contributed by atoms with E-state index in [4.69, 9.17) is 0 Å². The molecule has 5 heteroatoms. The Kier molecular flexibility index (Phi) is 4.08. The van der Waals surface area contributed by atoms with E-state index in [0.29, 0.717) is 6.54 Å². The zero-order valence-electron chi connectivity index (χ0n) is 9.60. The van der Waals surface area contributed by atoms with Crippen LogP contribution in [0.15, 0.2) is 30.3 Å². The number of hydrogen-bond donors (Lipinski definition) is 3. The largest absolute Gasteiger partial charge is 0.392 e. The minimum absolute atomic E-state index is 0.0856. The molecule has 0 aliphatic carbocycles. The van der Waals surface area contributed by atoms with Gasteiger partial charge in [0.15, 0.2) is 0 Å². The first-order valence-electron chi connectivity index (χ1n) is 5.75. The molecule has 92 valence electrons.